The number of likely N-dealkylation sites (N-methyl/N-ethyl adjacent to an activating group) is 1. The van der Waals surface area contributed by atoms with Gasteiger partial charge in [0.05, 0.1) is 12.0 Å². The van der Waals surface area contributed by atoms with Crippen molar-refractivity contribution in [3.05, 3.63) is 58.5 Å². The van der Waals surface area contributed by atoms with Gasteiger partial charge >= 0.3 is 10.1 Å². The van der Waals surface area contributed by atoms with Crippen LogP contribution in [0.15, 0.2) is 52.3 Å². The molecule has 1 fully saturated rings. The highest BCUT2D eigenvalue weighted by atomic mass is 32.2. The van der Waals surface area contributed by atoms with E-state index in [9.17, 15) is 13.2 Å². The number of thiocarbonyl (C=S) groups is 1. The Bertz CT molecular complexity index is 1090. The Kier molecular flexibility index (Phi) is 6.30. The lowest BCUT2D eigenvalue weighted by Gasteiger charge is -2.12. The monoisotopic (exact) mass is 449 g/mol. The summed E-state index contributed by atoms with van der Waals surface area (Å²) in [5, 5.41) is 0. The number of ether oxygens (including phenoxy) is 1. The second kappa shape index (κ2) is 8.56. The van der Waals surface area contributed by atoms with E-state index in [1.54, 1.807) is 30.3 Å². The molecule has 1 saturated heterocycles. The minimum Gasteiger partial charge on any atom is -0.493 e. The molecule has 1 heterocycles. The predicted molar refractivity (Wildman–Crippen MR) is 118 cm³/mol. The summed E-state index contributed by atoms with van der Waals surface area (Å²) in [4.78, 5) is 14.4. The Morgan fingerprint density at radius 1 is 1.14 bits per heavy atom. The Hall–Kier alpha value is -2.36. The number of benzene rings is 2. The van der Waals surface area contributed by atoms with Gasteiger partial charge in [0.25, 0.3) is 5.91 Å². The van der Waals surface area contributed by atoms with Crippen molar-refractivity contribution in [1.29, 1.82) is 0 Å². The van der Waals surface area contributed by atoms with Gasteiger partial charge in [0.2, 0.25) is 0 Å². The first-order chi connectivity index (χ1) is 13.7. The molecule has 3 rings (SSSR count). The summed E-state index contributed by atoms with van der Waals surface area (Å²) in [6.07, 6.45) is 1.69. The van der Waals surface area contributed by atoms with Gasteiger partial charge in [0.15, 0.2) is 11.5 Å². The Morgan fingerprint density at radius 2 is 1.83 bits per heavy atom. The Morgan fingerprint density at radius 3 is 2.41 bits per heavy atom. The van der Waals surface area contributed by atoms with Crippen LogP contribution in [0.3, 0.4) is 0 Å². The number of carbonyl (C=O) groups excluding carboxylic acids is 1. The van der Waals surface area contributed by atoms with Gasteiger partial charge in [-0.3, -0.25) is 9.69 Å². The molecule has 0 unspecified atom stereocenters. The third-order valence-corrected chi connectivity index (χ3v) is 6.81. The molecule has 0 saturated carbocycles. The fourth-order valence-corrected chi connectivity index (χ4v) is 4.96. The van der Waals surface area contributed by atoms with E-state index in [1.165, 1.54) is 42.0 Å². The van der Waals surface area contributed by atoms with E-state index in [2.05, 4.69) is 0 Å². The predicted octanol–water partition coefficient (Wildman–Crippen LogP) is 3.99. The van der Waals surface area contributed by atoms with Gasteiger partial charge in [-0.15, -0.1) is 0 Å². The molecular formula is C20H19NO5S3. The Balaban J connectivity index is 1.88. The van der Waals surface area contributed by atoms with Crippen LogP contribution in [-0.2, 0) is 14.9 Å². The highest BCUT2D eigenvalue weighted by Gasteiger charge is 2.30. The minimum absolute atomic E-state index is 0.0532. The zero-order valence-corrected chi connectivity index (χ0v) is 18.5. The van der Waals surface area contributed by atoms with Crippen LogP contribution >= 0.6 is 24.0 Å². The average Bonchev–Trinajstić information content (AvgIpc) is 2.95. The van der Waals surface area contributed by atoms with Crippen LogP contribution in [0.1, 0.15) is 18.1 Å². The van der Waals surface area contributed by atoms with Gasteiger partial charge < -0.3 is 8.92 Å². The largest absolute Gasteiger partial charge is 0.493 e. The quantitative estimate of drug-likeness (QED) is 0.375. The first-order valence-corrected chi connectivity index (χ1v) is 11.3. The van der Waals surface area contributed by atoms with E-state index >= 15 is 0 Å². The van der Waals surface area contributed by atoms with E-state index in [0.29, 0.717) is 21.3 Å². The number of rotatable bonds is 6. The third kappa shape index (κ3) is 4.63. The topological polar surface area (TPSA) is 72.9 Å². The molecule has 0 radical (unpaired) electrons. The standard InChI is InChI=1S/C20H19NO5S3/c1-4-21-19(22)18(28-20(21)27)12-14-7-10-16(17(11-14)25-3)26-29(23,24)15-8-5-13(2)6-9-15/h5-12H,4H2,1-3H3. The van der Waals surface area contributed by atoms with E-state index in [0.717, 1.165) is 5.56 Å². The number of nitrogens with zero attached hydrogens (tertiary/aromatic N) is 1. The summed E-state index contributed by atoms with van der Waals surface area (Å²) < 4.78 is 36.2. The molecular weight excluding hydrogens is 430 g/mol. The van der Waals surface area contributed by atoms with Gasteiger partial charge in [-0.05, 0) is 49.8 Å². The molecule has 2 aromatic carbocycles. The number of thioether (sulfide) groups is 1. The van der Waals surface area contributed by atoms with Gasteiger partial charge in [-0.25, -0.2) is 0 Å². The SMILES string of the molecule is CCN1C(=O)C(=Cc2ccc(OS(=O)(=O)c3ccc(C)cc3)c(OC)c2)SC1=S. The highest BCUT2D eigenvalue weighted by Crippen LogP contribution is 2.35. The van der Waals surface area contributed by atoms with Gasteiger partial charge in [-0.2, -0.15) is 8.42 Å². The Labute approximate surface area is 179 Å². The summed E-state index contributed by atoms with van der Waals surface area (Å²) in [7, 11) is -2.58. The van der Waals surface area contributed by atoms with Crippen LogP contribution in [0.2, 0.25) is 0 Å². The normalized spacial score (nSPS) is 15.8. The van der Waals surface area contributed by atoms with Crippen LogP contribution in [-0.4, -0.2) is 37.2 Å². The summed E-state index contributed by atoms with van der Waals surface area (Å²) in [6, 6.07) is 11.1. The second-order valence-electron chi connectivity index (χ2n) is 6.19. The van der Waals surface area contributed by atoms with Crippen molar-refractivity contribution in [1.82, 2.24) is 4.90 Å². The van der Waals surface area contributed by atoms with Crippen LogP contribution in [0.25, 0.3) is 6.08 Å². The molecule has 152 valence electrons. The highest BCUT2D eigenvalue weighted by molar-refractivity contribution is 8.26. The van der Waals surface area contributed by atoms with Crippen LogP contribution in [0, 0.1) is 6.92 Å². The van der Waals surface area contributed by atoms with Crippen molar-refractivity contribution in [3.8, 4) is 11.5 Å². The molecule has 0 aliphatic carbocycles. The summed E-state index contributed by atoms with van der Waals surface area (Å²) >= 11 is 6.44. The molecule has 9 heteroatoms. The third-order valence-electron chi connectivity index (χ3n) is 4.18. The molecule has 0 atom stereocenters. The number of hydrogen-bond acceptors (Lipinski definition) is 7. The van der Waals surface area contributed by atoms with E-state index in [1.807, 2.05) is 13.8 Å². The van der Waals surface area contributed by atoms with E-state index in [4.69, 9.17) is 21.1 Å². The number of aryl methyl sites for hydroxylation is 1. The molecule has 2 aromatic rings. The number of hydrogen-bond donors (Lipinski definition) is 0. The van der Waals surface area contributed by atoms with Gasteiger partial charge in [0, 0.05) is 6.54 Å². The van der Waals surface area contributed by atoms with Crippen LogP contribution in [0.5, 0.6) is 11.5 Å². The van der Waals surface area contributed by atoms with Crippen LogP contribution < -0.4 is 8.92 Å². The molecule has 1 amide bonds. The molecule has 1 aliphatic rings. The maximum atomic E-state index is 12.5. The van der Waals surface area contributed by atoms with Crippen molar-refractivity contribution in [2.24, 2.45) is 0 Å². The zero-order chi connectivity index (χ0) is 21.2. The molecule has 0 spiro atoms. The first kappa shape index (κ1) is 21.4. The van der Waals surface area contributed by atoms with E-state index < -0.39 is 10.1 Å². The minimum atomic E-state index is -4.00. The molecule has 0 bridgehead atoms. The fraction of sp³-hybridized carbons (Fsp3) is 0.200. The first-order valence-electron chi connectivity index (χ1n) is 8.69. The maximum Gasteiger partial charge on any atom is 0.339 e. The summed E-state index contributed by atoms with van der Waals surface area (Å²) in [5.74, 6) is 0.149. The lowest BCUT2D eigenvalue weighted by Crippen LogP contribution is -2.27. The molecule has 0 N–H and O–H groups in total. The maximum absolute atomic E-state index is 12.5. The molecule has 0 aromatic heterocycles. The average molecular weight is 450 g/mol. The van der Waals surface area contributed by atoms with Gasteiger partial charge in [0.1, 0.15) is 9.22 Å². The lowest BCUT2D eigenvalue weighted by atomic mass is 10.2. The van der Waals surface area contributed by atoms with Gasteiger partial charge in [-0.1, -0.05) is 47.7 Å². The summed E-state index contributed by atoms with van der Waals surface area (Å²) in [6.45, 7) is 4.24. The van der Waals surface area contributed by atoms with Crippen molar-refractivity contribution < 1.29 is 22.1 Å². The lowest BCUT2D eigenvalue weighted by molar-refractivity contribution is -0.121. The summed E-state index contributed by atoms with van der Waals surface area (Å²) in [5.41, 5.74) is 1.61. The zero-order valence-electron chi connectivity index (χ0n) is 16.0. The van der Waals surface area contributed by atoms with Crippen molar-refractivity contribution in [2.75, 3.05) is 13.7 Å². The number of amides is 1. The molecule has 6 nitrogen and oxygen atoms in total. The smallest absolute Gasteiger partial charge is 0.339 e. The number of carbonyl (C=O) groups is 1. The second-order valence-corrected chi connectivity index (χ2v) is 9.41. The molecule has 29 heavy (non-hydrogen) atoms. The molecule has 1 aliphatic heterocycles. The van der Waals surface area contributed by atoms with Crippen molar-refractivity contribution >= 4 is 50.4 Å². The fourth-order valence-electron chi connectivity index (χ4n) is 2.64. The number of methoxy groups -OCH3 is 1. The van der Waals surface area contributed by atoms with Crippen molar-refractivity contribution in [2.45, 2.75) is 18.7 Å². The van der Waals surface area contributed by atoms with Crippen molar-refractivity contribution in [3.63, 3.8) is 0 Å². The van der Waals surface area contributed by atoms with E-state index in [-0.39, 0.29) is 22.3 Å². The van der Waals surface area contributed by atoms with Crippen LogP contribution in [0.4, 0.5) is 0 Å².